The molecule has 1 aliphatic heterocycles. The normalized spacial score (nSPS) is 16.2. The molecule has 0 unspecified atom stereocenters. The molecule has 1 amide bonds. The van der Waals surface area contributed by atoms with E-state index >= 15 is 0 Å². The fraction of sp³-hybridized carbons (Fsp3) is 0.421. The number of aryl methyl sites for hydroxylation is 1. The zero-order chi connectivity index (χ0) is 18.6. The van der Waals surface area contributed by atoms with Crippen LogP contribution in [0.25, 0.3) is 11.5 Å². The van der Waals surface area contributed by atoms with Crippen molar-refractivity contribution in [3.05, 3.63) is 41.8 Å². The number of hydrogen-bond acceptors (Lipinski definition) is 5. The number of carbonyl (C=O) groups is 2. The summed E-state index contributed by atoms with van der Waals surface area (Å²) >= 11 is 0. The molecule has 2 N–H and O–H groups in total. The van der Waals surface area contributed by atoms with Crippen LogP contribution in [0.4, 0.5) is 0 Å². The average molecular weight is 358 g/mol. The van der Waals surface area contributed by atoms with Gasteiger partial charge in [-0.15, -0.1) is 0 Å². The highest BCUT2D eigenvalue weighted by atomic mass is 16.5. The van der Waals surface area contributed by atoms with E-state index in [0.29, 0.717) is 43.4 Å². The van der Waals surface area contributed by atoms with Crippen molar-refractivity contribution in [2.24, 2.45) is 0 Å². The van der Waals surface area contributed by atoms with Gasteiger partial charge in [-0.2, -0.15) is 0 Å². The highest BCUT2D eigenvalue weighted by Crippen LogP contribution is 2.26. The number of oxazole rings is 1. The molecular weight excluding hydrogens is 336 g/mol. The van der Waals surface area contributed by atoms with Crippen LogP contribution in [0.5, 0.6) is 0 Å². The smallest absolute Gasteiger partial charge is 0.305 e. The molecule has 2 aromatic rings. The third-order valence-electron chi connectivity index (χ3n) is 4.59. The van der Waals surface area contributed by atoms with Gasteiger partial charge in [0.1, 0.15) is 5.76 Å². The van der Waals surface area contributed by atoms with Crippen molar-refractivity contribution in [3.8, 4) is 11.5 Å². The van der Waals surface area contributed by atoms with Crippen LogP contribution < -0.4 is 5.32 Å². The van der Waals surface area contributed by atoms with Crippen molar-refractivity contribution in [3.63, 3.8) is 0 Å². The number of benzene rings is 1. The van der Waals surface area contributed by atoms with E-state index in [9.17, 15) is 14.7 Å². The first kappa shape index (κ1) is 18.1. The van der Waals surface area contributed by atoms with Crippen molar-refractivity contribution in [2.75, 3.05) is 13.2 Å². The van der Waals surface area contributed by atoms with Gasteiger partial charge in [-0.05, 0) is 31.9 Å². The Hall–Kier alpha value is -2.67. The fourth-order valence-corrected chi connectivity index (χ4v) is 3.19. The molecule has 26 heavy (non-hydrogen) atoms. The Morgan fingerprint density at radius 3 is 2.58 bits per heavy atom. The Kier molecular flexibility index (Phi) is 5.37. The minimum absolute atomic E-state index is 0.0460. The second-order valence-electron chi connectivity index (χ2n) is 6.58. The molecule has 2 heterocycles. The van der Waals surface area contributed by atoms with Crippen LogP contribution >= 0.6 is 0 Å². The lowest BCUT2D eigenvalue weighted by atomic mass is 9.86. The quantitative estimate of drug-likeness (QED) is 0.822. The van der Waals surface area contributed by atoms with Gasteiger partial charge < -0.3 is 19.6 Å². The molecular formula is C19H22N2O5. The molecule has 0 bridgehead atoms. The first-order chi connectivity index (χ1) is 12.5. The molecule has 1 aliphatic rings. The first-order valence-electron chi connectivity index (χ1n) is 8.60. The van der Waals surface area contributed by atoms with Crippen LogP contribution in [-0.4, -0.2) is 40.7 Å². The van der Waals surface area contributed by atoms with E-state index in [0.717, 1.165) is 5.56 Å². The third-order valence-corrected chi connectivity index (χ3v) is 4.59. The summed E-state index contributed by atoms with van der Waals surface area (Å²) in [4.78, 5) is 28.2. The number of nitrogens with one attached hydrogen (secondary N) is 1. The lowest BCUT2D eigenvalue weighted by Crippen LogP contribution is -2.53. The molecule has 0 saturated carbocycles. The zero-order valence-corrected chi connectivity index (χ0v) is 14.7. The van der Waals surface area contributed by atoms with Gasteiger partial charge in [0.25, 0.3) is 0 Å². The molecule has 0 radical (unpaired) electrons. The molecule has 3 rings (SSSR count). The largest absolute Gasteiger partial charge is 0.481 e. The summed E-state index contributed by atoms with van der Waals surface area (Å²) < 4.78 is 11.0. The van der Waals surface area contributed by atoms with Crippen molar-refractivity contribution in [1.82, 2.24) is 10.3 Å². The number of nitrogens with zero attached hydrogens (tertiary/aromatic N) is 1. The van der Waals surface area contributed by atoms with E-state index in [1.54, 1.807) is 6.92 Å². The maximum atomic E-state index is 12.5. The number of hydrogen-bond donors (Lipinski definition) is 2. The molecule has 0 atom stereocenters. The summed E-state index contributed by atoms with van der Waals surface area (Å²) in [5.41, 5.74) is 0.633. The lowest BCUT2D eigenvalue weighted by Gasteiger charge is -2.36. The first-order valence-corrected chi connectivity index (χ1v) is 8.60. The summed E-state index contributed by atoms with van der Waals surface area (Å²) in [6.07, 6.45) is 0.899. The Bertz CT molecular complexity index is 778. The van der Waals surface area contributed by atoms with Crippen LogP contribution in [0.1, 0.15) is 30.7 Å². The van der Waals surface area contributed by atoms with E-state index in [2.05, 4.69) is 10.3 Å². The predicted octanol–water partition coefficient (Wildman–Crippen LogP) is 2.33. The van der Waals surface area contributed by atoms with Crippen molar-refractivity contribution in [1.29, 1.82) is 0 Å². The van der Waals surface area contributed by atoms with Crippen LogP contribution in [0.15, 0.2) is 34.7 Å². The van der Waals surface area contributed by atoms with E-state index in [1.807, 2.05) is 30.3 Å². The van der Waals surface area contributed by atoms with Gasteiger partial charge in [-0.3, -0.25) is 9.59 Å². The fourth-order valence-electron chi connectivity index (χ4n) is 3.19. The molecule has 0 aliphatic carbocycles. The standard InChI is InChI=1S/C19H22N2O5/c1-13-15(20-18(26-13)14-5-3-2-4-6-14)11-16(22)21-19(12-17(23)24)7-9-25-10-8-19/h2-6H,7-12H2,1H3,(H,21,22)(H,23,24). The summed E-state index contributed by atoms with van der Waals surface area (Å²) in [5, 5.41) is 12.1. The summed E-state index contributed by atoms with van der Waals surface area (Å²) in [7, 11) is 0. The van der Waals surface area contributed by atoms with Gasteiger partial charge in [0, 0.05) is 18.8 Å². The van der Waals surface area contributed by atoms with Crippen LogP contribution in [0.3, 0.4) is 0 Å². The summed E-state index contributed by atoms with van der Waals surface area (Å²) in [5.74, 6) is -0.143. The number of carboxylic acid groups (broad SMARTS) is 1. The molecule has 138 valence electrons. The Morgan fingerprint density at radius 2 is 1.92 bits per heavy atom. The molecule has 0 spiro atoms. The summed E-state index contributed by atoms with van der Waals surface area (Å²) in [6.45, 7) is 2.65. The van der Waals surface area contributed by atoms with Crippen molar-refractivity contribution >= 4 is 11.9 Å². The molecule has 1 fully saturated rings. The highest BCUT2D eigenvalue weighted by Gasteiger charge is 2.36. The average Bonchev–Trinajstić information content (AvgIpc) is 2.96. The number of aliphatic carboxylic acids is 1. The van der Waals surface area contributed by atoms with Crippen LogP contribution in [0.2, 0.25) is 0 Å². The van der Waals surface area contributed by atoms with Crippen molar-refractivity contribution in [2.45, 2.75) is 38.1 Å². The Labute approximate surface area is 151 Å². The Balaban J connectivity index is 1.71. The monoisotopic (exact) mass is 358 g/mol. The molecule has 1 saturated heterocycles. The number of amides is 1. The molecule has 1 aromatic carbocycles. The minimum atomic E-state index is -0.934. The van der Waals surface area contributed by atoms with E-state index < -0.39 is 11.5 Å². The van der Waals surface area contributed by atoms with Gasteiger partial charge in [0.15, 0.2) is 0 Å². The van der Waals surface area contributed by atoms with E-state index in [4.69, 9.17) is 9.15 Å². The maximum Gasteiger partial charge on any atom is 0.305 e. The third kappa shape index (κ3) is 4.29. The predicted molar refractivity (Wildman–Crippen MR) is 93.6 cm³/mol. The van der Waals surface area contributed by atoms with Gasteiger partial charge in [-0.25, -0.2) is 4.98 Å². The molecule has 7 nitrogen and oxygen atoms in total. The number of carboxylic acids is 1. The maximum absolute atomic E-state index is 12.5. The second kappa shape index (κ2) is 7.70. The van der Waals surface area contributed by atoms with Gasteiger partial charge in [0.2, 0.25) is 11.8 Å². The summed E-state index contributed by atoms with van der Waals surface area (Å²) in [6, 6.07) is 9.46. The van der Waals surface area contributed by atoms with Crippen LogP contribution in [-0.2, 0) is 20.7 Å². The van der Waals surface area contributed by atoms with Gasteiger partial charge in [-0.1, -0.05) is 18.2 Å². The number of carbonyl (C=O) groups excluding carboxylic acids is 1. The minimum Gasteiger partial charge on any atom is -0.481 e. The SMILES string of the molecule is Cc1oc(-c2ccccc2)nc1CC(=O)NC1(CC(=O)O)CCOCC1. The Morgan fingerprint density at radius 1 is 1.23 bits per heavy atom. The highest BCUT2D eigenvalue weighted by molar-refractivity contribution is 5.80. The van der Waals surface area contributed by atoms with Gasteiger partial charge in [0.05, 0.1) is 24.1 Å². The van der Waals surface area contributed by atoms with Crippen LogP contribution in [0, 0.1) is 6.92 Å². The van der Waals surface area contributed by atoms with Gasteiger partial charge >= 0.3 is 5.97 Å². The topological polar surface area (TPSA) is 102 Å². The van der Waals surface area contributed by atoms with Crippen molar-refractivity contribution < 1.29 is 23.8 Å². The molecule has 1 aromatic heterocycles. The van der Waals surface area contributed by atoms with E-state index in [-0.39, 0.29) is 18.7 Å². The number of ether oxygens (including phenoxy) is 1. The lowest BCUT2D eigenvalue weighted by molar-refractivity contribution is -0.140. The number of rotatable bonds is 6. The second-order valence-corrected chi connectivity index (χ2v) is 6.58. The zero-order valence-electron chi connectivity index (χ0n) is 14.7. The molecule has 7 heteroatoms. The number of aromatic nitrogens is 1. The van der Waals surface area contributed by atoms with E-state index in [1.165, 1.54) is 0 Å².